The first-order valence-corrected chi connectivity index (χ1v) is 3.99. The number of hydrogen-bond acceptors (Lipinski definition) is 7. The predicted molar refractivity (Wildman–Crippen MR) is 42.9 cm³/mol. The molecule has 0 aromatic heterocycles. The van der Waals surface area contributed by atoms with Gasteiger partial charge < -0.3 is 25.2 Å². The Hall–Kier alpha value is -0.340. The van der Waals surface area contributed by atoms with Gasteiger partial charge in [-0.1, -0.05) is 0 Å². The Morgan fingerprint density at radius 3 is 2.23 bits per heavy atom. The maximum absolute atomic E-state index is 10.6. The Balaban J connectivity index is 2.57. The first-order chi connectivity index (χ1) is 5.93. The molecule has 0 aliphatic carbocycles. The van der Waals surface area contributed by atoms with Gasteiger partial charge in [-0.3, -0.25) is 0 Å². The van der Waals surface area contributed by atoms with Crippen LogP contribution in [-0.4, -0.2) is 56.2 Å². The van der Waals surface area contributed by atoms with Crippen LogP contribution < -0.4 is 0 Å². The van der Waals surface area contributed by atoms with Gasteiger partial charge in [0.2, 0.25) is 0 Å². The number of thiol groups is 1. The highest BCUT2D eigenvalue weighted by Gasteiger charge is 2.63. The molecule has 7 heteroatoms. The molecule has 1 aliphatic rings. The fourth-order valence-electron chi connectivity index (χ4n) is 0.847. The van der Waals surface area contributed by atoms with Gasteiger partial charge in [-0.15, -0.1) is 12.6 Å². The highest BCUT2D eigenvalue weighted by Crippen LogP contribution is 2.38. The summed E-state index contributed by atoms with van der Waals surface area (Å²) in [5.41, 5.74) is 0. The van der Waals surface area contributed by atoms with Gasteiger partial charge in [0.25, 0.3) is 4.93 Å². The standard InChI is InChI=1S/C6H10O6S/c7-1-2(8)3(9)4(10)6(13)5(11)12-6/h2-4,7-10,13H,1H2. The van der Waals surface area contributed by atoms with Gasteiger partial charge in [0.15, 0.2) is 0 Å². The number of cyclic esters (lactones) is 1. The van der Waals surface area contributed by atoms with Crippen molar-refractivity contribution in [3.05, 3.63) is 0 Å². The number of ether oxygens (including phenoxy) is 1. The van der Waals surface area contributed by atoms with Crippen LogP contribution in [0.25, 0.3) is 0 Å². The van der Waals surface area contributed by atoms with Crippen molar-refractivity contribution < 1.29 is 30.0 Å². The molecule has 0 radical (unpaired) electrons. The second-order valence-corrected chi connectivity index (χ2v) is 3.44. The van der Waals surface area contributed by atoms with E-state index in [0.29, 0.717) is 0 Å². The zero-order valence-corrected chi connectivity index (χ0v) is 7.39. The molecule has 0 spiro atoms. The van der Waals surface area contributed by atoms with E-state index < -0.39 is 35.8 Å². The van der Waals surface area contributed by atoms with Gasteiger partial charge in [-0.25, -0.2) is 4.79 Å². The molecule has 1 rings (SSSR count). The van der Waals surface area contributed by atoms with Crippen molar-refractivity contribution in [3.8, 4) is 0 Å². The second-order valence-electron chi connectivity index (χ2n) is 2.77. The molecule has 13 heavy (non-hydrogen) atoms. The molecule has 76 valence electrons. The van der Waals surface area contributed by atoms with Crippen molar-refractivity contribution >= 4 is 18.6 Å². The minimum atomic E-state index is -1.74. The molecule has 0 saturated carbocycles. The first kappa shape index (κ1) is 10.7. The van der Waals surface area contributed by atoms with Crippen molar-refractivity contribution in [2.75, 3.05) is 6.61 Å². The van der Waals surface area contributed by atoms with E-state index in [4.69, 9.17) is 15.3 Å². The van der Waals surface area contributed by atoms with E-state index in [1.165, 1.54) is 0 Å². The third kappa shape index (κ3) is 1.79. The number of carbonyl (C=O) groups is 1. The van der Waals surface area contributed by atoms with Crippen LogP contribution in [0.15, 0.2) is 0 Å². The lowest BCUT2D eigenvalue weighted by atomic mass is 10.1. The number of aliphatic hydroxyl groups is 4. The van der Waals surface area contributed by atoms with Gasteiger partial charge in [0.05, 0.1) is 6.61 Å². The Bertz CT molecular complexity index is 221. The van der Waals surface area contributed by atoms with Crippen molar-refractivity contribution in [1.29, 1.82) is 0 Å². The van der Waals surface area contributed by atoms with Gasteiger partial charge in [-0.05, 0) is 0 Å². The van der Waals surface area contributed by atoms with E-state index in [1.807, 2.05) is 0 Å². The molecule has 1 aliphatic heterocycles. The maximum Gasteiger partial charge on any atom is 0.366 e. The summed E-state index contributed by atoms with van der Waals surface area (Å²) in [7, 11) is 0. The molecule has 1 fully saturated rings. The van der Waals surface area contributed by atoms with Gasteiger partial charge in [-0.2, -0.15) is 0 Å². The zero-order chi connectivity index (χ0) is 10.2. The van der Waals surface area contributed by atoms with E-state index in [-0.39, 0.29) is 0 Å². The van der Waals surface area contributed by atoms with Crippen molar-refractivity contribution in [2.24, 2.45) is 0 Å². The minimum Gasteiger partial charge on any atom is -0.430 e. The minimum absolute atomic E-state index is 0.726. The summed E-state index contributed by atoms with van der Waals surface area (Å²) in [6.45, 7) is -0.726. The molecule has 4 atom stereocenters. The summed E-state index contributed by atoms with van der Waals surface area (Å²) in [6, 6.07) is 0. The van der Waals surface area contributed by atoms with Crippen LogP contribution in [0.3, 0.4) is 0 Å². The summed E-state index contributed by atoms with van der Waals surface area (Å²) in [6.07, 6.45) is -4.87. The Labute approximate surface area is 79.2 Å². The summed E-state index contributed by atoms with van der Waals surface area (Å²) in [5, 5.41) is 35.7. The second kappa shape index (κ2) is 3.43. The lowest BCUT2D eigenvalue weighted by Gasteiger charge is -2.21. The van der Waals surface area contributed by atoms with Crippen LogP contribution in [0.2, 0.25) is 0 Å². The SMILES string of the molecule is O=C1OC1(S)C(O)C(O)C(O)CO. The lowest BCUT2D eigenvalue weighted by Crippen LogP contribution is -2.46. The number of rotatable bonds is 4. The van der Waals surface area contributed by atoms with Crippen LogP contribution >= 0.6 is 12.6 Å². The third-order valence-corrected chi connectivity index (χ3v) is 2.34. The lowest BCUT2D eigenvalue weighted by molar-refractivity contribution is -0.118. The largest absolute Gasteiger partial charge is 0.430 e. The zero-order valence-electron chi connectivity index (χ0n) is 6.49. The fraction of sp³-hybridized carbons (Fsp3) is 0.833. The quantitative estimate of drug-likeness (QED) is 0.254. The van der Waals surface area contributed by atoms with Gasteiger partial charge in [0, 0.05) is 0 Å². The number of aliphatic hydroxyl groups excluding tert-OH is 4. The van der Waals surface area contributed by atoms with Crippen molar-refractivity contribution in [3.63, 3.8) is 0 Å². The van der Waals surface area contributed by atoms with E-state index >= 15 is 0 Å². The average molecular weight is 210 g/mol. The van der Waals surface area contributed by atoms with Crippen LogP contribution in [0, 0.1) is 0 Å². The third-order valence-electron chi connectivity index (χ3n) is 1.80. The first-order valence-electron chi connectivity index (χ1n) is 3.54. The molecule has 4 N–H and O–H groups in total. The van der Waals surface area contributed by atoms with E-state index in [9.17, 15) is 9.90 Å². The number of epoxide rings is 1. The van der Waals surface area contributed by atoms with Crippen LogP contribution in [0.1, 0.15) is 0 Å². The monoisotopic (exact) mass is 210 g/mol. The van der Waals surface area contributed by atoms with Crippen LogP contribution in [-0.2, 0) is 9.53 Å². The topological polar surface area (TPSA) is 111 Å². The molecular formula is C6H10O6S. The molecule has 6 nitrogen and oxygen atoms in total. The van der Waals surface area contributed by atoms with E-state index in [0.717, 1.165) is 0 Å². The maximum atomic E-state index is 10.6. The normalized spacial score (nSPS) is 33.5. The molecule has 0 bridgehead atoms. The summed E-state index contributed by atoms with van der Waals surface area (Å²) in [4.78, 5) is 8.81. The number of carbonyl (C=O) groups excluding carboxylic acids is 1. The Morgan fingerprint density at radius 1 is 1.46 bits per heavy atom. The predicted octanol–water partition coefficient (Wildman–Crippen LogP) is -2.76. The molecule has 1 heterocycles. The summed E-state index contributed by atoms with van der Waals surface area (Å²) in [5.74, 6) is -0.771. The van der Waals surface area contributed by atoms with Crippen LogP contribution in [0.4, 0.5) is 0 Å². The summed E-state index contributed by atoms with van der Waals surface area (Å²) >= 11 is 3.65. The smallest absolute Gasteiger partial charge is 0.366 e. The highest BCUT2D eigenvalue weighted by molar-refractivity contribution is 7.83. The Kier molecular flexibility index (Phi) is 2.83. The van der Waals surface area contributed by atoms with Crippen molar-refractivity contribution in [2.45, 2.75) is 23.2 Å². The molecule has 0 aromatic carbocycles. The highest BCUT2D eigenvalue weighted by atomic mass is 32.1. The molecule has 0 amide bonds. The van der Waals surface area contributed by atoms with E-state index in [1.54, 1.807) is 0 Å². The van der Waals surface area contributed by atoms with Gasteiger partial charge in [0.1, 0.15) is 18.3 Å². The van der Waals surface area contributed by atoms with E-state index in [2.05, 4.69) is 17.4 Å². The van der Waals surface area contributed by atoms with Crippen molar-refractivity contribution in [1.82, 2.24) is 0 Å². The van der Waals surface area contributed by atoms with Crippen LogP contribution in [0.5, 0.6) is 0 Å². The summed E-state index contributed by atoms with van der Waals surface area (Å²) < 4.78 is 4.30. The Morgan fingerprint density at radius 2 is 1.92 bits per heavy atom. The average Bonchev–Trinajstić information content (AvgIpc) is 2.72. The fourth-order valence-corrected chi connectivity index (χ4v) is 1.08. The number of hydrogen-bond donors (Lipinski definition) is 5. The molecule has 4 unspecified atom stereocenters. The molecular weight excluding hydrogens is 200 g/mol. The molecule has 0 aromatic rings. The molecule has 1 saturated heterocycles. The van der Waals surface area contributed by atoms with Gasteiger partial charge >= 0.3 is 5.97 Å².